The van der Waals surface area contributed by atoms with E-state index in [0.717, 1.165) is 11.4 Å². The lowest BCUT2D eigenvalue weighted by Gasteiger charge is -2.46. The zero-order valence-electron chi connectivity index (χ0n) is 32.9. The van der Waals surface area contributed by atoms with Gasteiger partial charge in [0.15, 0.2) is 0 Å². The zero-order valence-corrected chi connectivity index (χ0v) is 32.9. The number of anilines is 6. The van der Waals surface area contributed by atoms with Crippen LogP contribution in [0.25, 0.3) is 49.4 Å². The molecular weight excluding hydrogens is 713 g/mol. The Morgan fingerprint density at radius 1 is 0.390 bits per heavy atom. The van der Waals surface area contributed by atoms with Crippen molar-refractivity contribution in [3.63, 3.8) is 0 Å². The Kier molecular flexibility index (Phi) is 6.59. The van der Waals surface area contributed by atoms with Gasteiger partial charge in [-0.25, -0.2) is 0 Å². The van der Waals surface area contributed by atoms with Crippen LogP contribution in [-0.4, -0.2) is 11.3 Å². The molecule has 0 amide bonds. The summed E-state index contributed by atoms with van der Waals surface area (Å²) >= 11 is 0. The number of para-hydroxylation sites is 5. The lowest BCUT2D eigenvalue weighted by atomic mass is 9.29. The molecule has 0 bridgehead atoms. The molecule has 3 aliphatic heterocycles. The Morgan fingerprint density at radius 3 is 1.75 bits per heavy atom. The summed E-state index contributed by atoms with van der Waals surface area (Å²) in [5, 5.41) is 5.19. The molecular formula is C55H38BN3. The van der Waals surface area contributed by atoms with Crippen LogP contribution in [0.15, 0.2) is 194 Å². The van der Waals surface area contributed by atoms with Crippen LogP contribution in [0.4, 0.5) is 34.1 Å². The van der Waals surface area contributed by atoms with Crippen molar-refractivity contribution in [3.8, 4) is 16.8 Å². The first-order chi connectivity index (χ1) is 29.1. The molecule has 0 spiro atoms. The maximum Gasteiger partial charge on any atom is 0.248 e. The van der Waals surface area contributed by atoms with E-state index in [0.29, 0.717) is 0 Å². The van der Waals surface area contributed by atoms with Gasteiger partial charge in [-0.15, -0.1) is 0 Å². The highest BCUT2D eigenvalue weighted by atomic mass is 15.2. The van der Waals surface area contributed by atoms with Gasteiger partial charge in [0.25, 0.3) is 0 Å². The Morgan fingerprint density at radius 2 is 0.983 bits per heavy atom. The maximum atomic E-state index is 2.56. The molecule has 3 nitrogen and oxygen atoms in total. The van der Waals surface area contributed by atoms with E-state index < -0.39 is 0 Å². The molecule has 1 aromatic heterocycles. The fourth-order valence-electron chi connectivity index (χ4n) is 11.1. The largest absolute Gasteiger partial charge is 0.311 e. The molecule has 0 N–H and O–H groups in total. The number of rotatable bonds is 3. The molecule has 0 radical (unpaired) electrons. The molecule has 0 fully saturated rings. The van der Waals surface area contributed by atoms with E-state index in [-0.39, 0.29) is 12.1 Å². The summed E-state index contributed by atoms with van der Waals surface area (Å²) in [5.74, 6) is 0. The first-order valence-electron chi connectivity index (χ1n) is 20.7. The standard InChI is InChI=1S/C55H38BN3/c1-55(2)43-28-17-31-48-54(43)56(53-41-27-16-26-40-38-24-12-14-29-46(38)58(36-20-8-4-9-21-36)51(52(40)41)33-44(53)55)45-32-42-39-25-13-15-30-47(39)57(35-18-6-3-7-19-35)49(42)34-50(45)59(48)37-22-10-5-11-23-37/h3-34H,1-2H3. The summed E-state index contributed by atoms with van der Waals surface area (Å²) in [6, 6.07) is 72.3. The minimum absolute atomic E-state index is 0.00840. The summed E-state index contributed by atoms with van der Waals surface area (Å²) in [5.41, 5.74) is 20.1. The van der Waals surface area contributed by atoms with Crippen molar-refractivity contribution in [2.75, 3.05) is 9.80 Å². The Bertz CT molecular complexity index is 3370. The Balaban J connectivity index is 1.19. The topological polar surface area (TPSA) is 11.4 Å². The molecule has 276 valence electrons. The van der Waals surface area contributed by atoms with Crippen molar-refractivity contribution < 1.29 is 0 Å². The summed E-state index contributed by atoms with van der Waals surface area (Å²) in [6.45, 7) is 4.90. The third-order valence-corrected chi connectivity index (χ3v) is 13.5. The van der Waals surface area contributed by atoms with E-state index in [9.17, 15) is 0 Å². The summed E-state index contributed by atoms with van der Waals surface area (Å²) in [4.78, 5) is 5.04. The van der Waals surface area contributed by atoms with E-state index in [1.807, 2.05) is 0 Å². The lowest BCUT2D eigenvalue weighted by Crippen LogP contribution is -2.64. The molecule has 10 aromatic rings. The van der Waals surface area contributed by atoms with Crippen LogP contribution in [0.1, 0.15) is 25.0 Å². The molecule has 59 heavy (non-hydrogen) atoms. The average molecular weight is 752 g/mol. The highest BCUT2D eigenvalue weighted by molar-refractivity contribution is 7.00. The minimum Gasteiger partial charge on any atom is -0.311 e. The second-order valence-corrected chi connectivity index (χ2v) is 16.9. The third kappa shape index (κ3) is 4.33. The van der Waals surface area contributed by atoms with Crippen molar-refractivity contribution in [2.24, 2.45) is 0 Å². The number of hydrogen-bond donors (Lipinski definition) is 0. The van der Waals surface area contributed by atoms with Gasteiger partial charge in [-0.1, -0.05) is 147 Å². The van der Waals surface area contributed by atoms with Gasteiger partial charge in [0, 0.05) is 55.6 Å². The SMILES string of the molecule is CC1(C)c2cccc3c2B(c2cc4c5ccccc5n(-c5ccccc5)c4cc2N3c2ccccc2)c2c1cc1c3c(cccc23)-c2ccccc2N1c1ccccc1. The second-order valence-electron chi connectivity index (χ2n) is 16.9. The van der Waals surface area contributed by atoms with Gasteiger partial charge in [0.05, 0.1) is 22.4 Å². The number of hydrogen-bond acceptors (Lipinski definition) is 2. The maximum absolute atomic E-state index is 2.56. The van der Waals surface area contributed by atoms with E-state index >= 15 is 0 Å². The highest BCUT2D eigenvalue weighted by Gasteiger charge is 2.48. The predicted octanol–water partition coefficient (Wildman–Crippen LogP) is 12.3. The van der Waals surface area contributed by atoms with Crippen LogP contribution in [0.2, 0.25) is 0 Å². The van der Waals surface area contributed by atoms with Gasteiger partial charge >= 0.3 is 0 Å². The number of nitrogens with zero attached hydrogens (tertiary/aromatic N) is 3. The van der Waals surface area contributed by atoms with Gasteiger partial charge in [-0.3, -0.25) is 0 Å². The molecule has 3 aliphatic rings. The predicted molar refractivity (Wildman–Crippen MR) is 250 cm³/mol. The molecule has 0 unspecified atom stereocenters. The van der Waals surface area contributed by atoms with E-state index in [2.05, 4.69) is 222 Å². The Hall–Kier alpha value is -7.30. The first kappa shape index (κ1) is 32.8. The summed E-state index contributed by atoms with van der Waals surface area (Å²) in [6.07, 6.45) is 0. The number of aromatic nitrogens is 1. The fourth-order valence-corrected chi connectivity index (χ4v) is 11.1. The molecule has 13 rings (SSSR count). The number of benzene rings is 9. The van der Waals surface area contributed by atoms with Crippen LogP contribution in [0.3, 0.4) is 0 Å². The monoisotopic (exact) mass is 751 g/mol. The van der Waals surface area contributed by atoms with Gasteiger partial charge in [0.1, 0.15) is 0 Å². The molecule has 4 heterocycles. The molecule has 0 aliphatic carbocycles. The molecule has 0 saturated heterocycles. The average Bonchev–Trinajstić information content (AvgIpc) is 3.61. The summed E-state index contributed by atoms with van der Waals surface area (Å²) < 4.78 is 2.45. The smallest absolute Gasteiger partial charge is 0.248 e. The first-order valence-corrected chi connectivity index (χ1v) is 20.7. The normalized spacial score (nSPS) is 14.3. The van der Waals surface area contributed by atoms with Crippen LogP contribution >= 0.6 is 0 Å². The molecule has 0 saturated carbocycles. The van der Waals surface area contributed by atoms with E-state index in [1.54, 1.807) is 0 Å². The van der Waals surface area contributed by atoms with Crippen LogP contribution < -0.4 is 26.2 Å². The zero-order chi connectivity index (χ0) is 39.0. The van der Waals surface area contributed by atoms with Gasteiger partial charge in [0.2, 0.25) is 6.71 Å². The van der Waals surface area contributed by atoms with Crippen molar-refractivity contribution in [1.82, 2.24) is 4.57 Å². The van der Waals surface area contributed by atoms with Gasteiger partial charge < -0.3 is 14.4 Å². The Labute approximate surface area is 344 Å². The third-order valence-electron chi connectivity index (χ3n) is 13.5. The molecule has 4 heteroatoms. The van der Waals surface area contributed by atoms with Crippen LogP contribution in [0, 0.1) is 0 Å². The van der Waals surface area contributed by atoms with Crippen molar-refractivity contribution in [3.05, 3.63) is 205 Å². The molecule has 0 atom stereocenters. The van der Waals surface area contributed by atoms with Crippen LogP contribution in [0.5, 0.6) is 0 Å². The van der Waals surface area contributed by atoms with Crippen molar-refractivity contribution in [1.29, 1.82) is 0 Å². The van der Waals surface area contributed by atoms with E-state index in [4.69, 9.17) is 0 Å². The highest BCUT2D eigenvalue weighted by Crippen LogP contribution is 2.53. The van der Waals surface area contributed by atoms with E-state index in [1.165, 1.54) is 99.7 Å². The summed E-state index contributed by atoms with van der Waals surface area (Å²) in [7, 11) is 0. The minimum atomic E-state index is -0.287. The quantitative estimate of drug-likeness (QED) is 0.167. The van der Waals surface area contributed by atoms with Gasteiger partial charge in [-0.2, -0.15) is 0 Å². The van der Waals surface area contributed by atoms with Crippen LogP contribution in [-0.2, 0) is 5.41 Å². The van der Waals surface area contributed by atoms with Gasteiger partial charge in [-0.05, 0) is 99.7 Å². The number of fused-ring (bicyclic) bond motifs is 10. The lowest BCUT2D eigenvalue weighted by molar-refractivity contribution is 0.647. The van der Waals surface area contributed by atoms with Crippen molar-refractivity contribution in [2.45, 2.75) is 19.3 Å². The van der Waals surface area contributed by atoms with Crippen molar-refractivity contribution >= 4 is 89.8 Å². The molecule has 9 aromatic carbocycles. The fraction of sp³-hybridized carbons (Fsp3) is 0.0545. The second kappa shape index (κ2) is 11.9.